The molecule has 10 heteroatoms. The van der Waals surface area contributed by atoms with Crippen molar-refractivity contribution in [3.63, 3.8) is 0 Å². The number of carbonyl (C=O) groups excluding carboxylic acids is 1. The van der Waals surface area contributed by atoms with Crippen LogP contribution in [0, 0.1) is 0 Å². The molecule has 152 valence electrons. The van der Waals surface area contributed by atoms with Gasteiger partial charge in [0.2, 0.25) is 5.91 Å². The number of fused-ring (bicyclic) bond motifs is 1. The van der Waals surface area contributed by atoms with Crippen molar-refractivity contribution in [2.75, 3.05) is 5.32 Å². The molecular weight excluding hydrogens is 417 g/mol. The maximum Gasteiger partial charge on any atom is 0.418 e. The van der Waals surface area contributed by atoms with Crippen LogP contribution in [0.3, 0.4) is 0 Å². The Morgan fingerprint density at radius 1 is 1.07 bits per heavy atom. The molecule has 0 fully saturated rings. The lowest BCUT2D eigenvalue weighted by atomic mass is 10.1. The molecule has 4 rings (SSSR count). The van der Waals surface area contributed by atoms with Crippen LogP contribution in [0.5, 0.6) is 0 Å². The summed E-state index contributed by atoms with van der Waals surface area (Å²) < 4.78 is 44.9. The predicted octanol–water partition coefficient (Wildman–Crippen LogP) is 4.18. The van der Waals surface area contributed by atoms with Gasteiger partial charge in [0, 0.05) is 5.56 Å². The first-order valence-corrected chi connectivity index (χ1v) is 9.48. The SMILES string of the molecule is O=C(Cn1cnc2c(-c3ccccc3)nsc2c1=O)Nc1ccccc1C(F)(F)F. The highest BCUT2D eigenvalue weighted by Gasteiger charge is 2.33. The number of amides is 1. The number of para-hydroxylation sites is 1. The number of nitrogens with one attached hydrogen (secondary N) is 1. The van der Waals surface area contributed by atoms with Gasteiger partial charge in [-0.2, -0.15) is 17.5 Å². The van der Waals surface area contributed by atoms with Crippen LogP contribution in [-0.4, -0.2) is 19.8 Å². The number of hydrogen-bond donors (Lipinski definition) is 1. The summed E-state index contributed by atoms with van der Waals surface area (Å²) in [5.41, 5.74) is -0.0528. The van der Waals surface area contributed by atoms with Crippen molar-refractivity contribution in [3.05, 3.63) is 76.8 Å². The number of benzene rings is 2. The van der Waals surface area contributed by atoms with Crippen molar-refractivity contribution in [2.24, 2.45) is 0 Å². The number of hydrogen-bond acceptors (Lipinski definition) is 5. The van der Waals surface area contributed by atoms with Crippen molar-refractivity contribution in [1.29, 1.82) is 0 Å². The number of nitrogens with zero attached hydrogens (tertiary/aromatic N) is 3. The molecule has 0 saturated carbocycles. The van der Waals surface area contributed by atoms with Gasteiger partial charge in [-0.05, 0) is 23.7 Å². The summed E-state index contributed by atoms with van der Waals surface area (Å²) in [6.45, 7) is -0.480. The van der Waals surface area contributed by atoms with Gasteiger partial charge < -0.3 is 5.32 Å². The summed E-state index contributed by atoms with van der Waals surface area (Å²) in [6, 6.07) is 13.9. The zero-order valence-electron chi connectivity index (χ0n) is 15.2. The van der Waals surface area contributed by atoms with E-state index in [-0.39, 0.29) is 10.4 Å². The highest BCUT2D eigenvalue weighted by molar-refractivity contribution is 7.13. The van der Waals surface area contributed by atoms with E-state index in [4.69, 9.17) is 0 Å². The Hall–Kier alpha value is -3.53. The quantitative estimate of drug-likeness (QED) is 0.527. The maximum absolute atomic E-state index is 13.1. The van der Waals surface area contributed by atoms with Crippen LogP contribution in [0.15, 0.2) is 65.7 Å². The monoisotopic (exact) mass is 430 g/mol. The van der Waals surface area contributed by atoms with E-state index >= 15 is 0 Å². The van der Waals surface area contributed by atoms with Crippen LogP contribution in [0.25, 0.3) is 21.5 Å². The first kappa shape index (κ1) is 19.8. The molecule has 0 aliphatic rings. The third-order valence-electron chi connectivity index (χ3n) is 4.32. The number of alkyl halides is 3. The molecule has 1 amide bonds. The summed E-state index contributed by atoms with van der Waals surface area (Å²) in [4.78, 5) is 29.3. The van der Waals surface area contributed by atoms with Crippen molar-refractivity contribution in [2.45, 2.75) is 12.7 Å². The molecule has 0 atom stereocenters. The maximum atomic E-state index is 13.1. The Balaban J connectivity index is 1.60. The van der Waals surface area contributed by atoms with Crippen LogP contribution in [0.2, 0.25) is 0 Å². The van der Waals surface area contributed by atoms with Gasteiger partial charge in [0.1, 0.15) is 22.5 Å². The Labute approximate surface area is 171 Å². The molecule has 0 spiro atoms. The molecule has 0 bridgehead atoms. The lowest BCUT2D eigenvalue weighted by Gasteiger charge is -2.13. The predicted molar refractivity (Wildman–Crippen MR) is 107 cm³/mol. The smallest absolute Gasteiger partial charge is 0.324 e. The lowest BCUT2D eigenvalue weighted by molar-refractivity contribution is -0.137. The normalized spacial score (nSPS) is 11.6. The van der Waals surface area contributed by atoms with E-state index in [2.05, 4.69) is 14.7 Å². The van der Waals surface area contributed by atoms with E-state index in [1.54, 1.807) is 0 Å². The van der Waals surface area contributed by atoms with Crippen molar-refractivity contribution < 1.29 is 18.0 Å². The third-order valence-corrected chi connectivity index (χ3v) is 5.14. The fourth-order valence-electron chi connectivity index (χ4n) is 2.94. The Kier molecular flexibility index (Phi) is 5.08. The topological polar surface area (TPSA) is 76.9 Å². The minimum Gasteiger partial charge on any atom is -0.324 e. The van der Waals surface area contributed by atoms with E-state index < -0.39 is 29.8 Å². The minimum atomic E-state index is -4.61. The van der Waals surface area contributed by atoms with E-state index in [1.165, 1.54) is 18.5 Å². The number of aromatic nitrogens is 3. The number of anilines is 1. The zero-order valence-corrected chi connectivity index (χ0v) is 16.0. The molecule has 30 heavy (non-hydrogen) atoms. The molecule has 6 nitrogen and oxygen atoms in total. The van der Waals surface area contributed by atoms with Gasteiger partial charge in [-0.15, -0.1) is 0 Å². The van der Waals surface area contributed by atoms with Crippen LogP contribution >= 0.6 is 11.5 Å². The van der Waals surface area contributed by atoms with Gasteiger partial charge in [0.25, 0.3) is 5.56 Å². The molecule has 0 saturated heterocycles. The average molecular weight is 430 g/mol. The van der Waals surface area contributed by atoms with Crippen molar-refractivity contribution >= 4 is 33.3 Å². The molecular formula is C20H13F3N4O2S. The summed E-state index contributed by atoms with van der Waals surface area (Å²) in [7, 11) is 0. The van der Waals surface area contributed by atoms with Crippen LogP contribution in [0.1, 0.15) is 5.56 Å². The summed E-state index contributed by atoms with van der Waals surface area (Å²) in [5, 5.41) is 2.21. The van der Waals surface area contributed by atoms with Gasteiger partial charge >= 0.3 is 6.18 Å². The largest absolute Gasteiger partial charge is 0.418 e. The molecule has 4 aromatic rings. The number of halogens is 3. The van der Waals surface area contributed by atoms with E-state index in [0.29, 0.717) is 11.2 Å². The van der Waals surface area contributed by atoms with E-state index in [1.807, 2.05) is 30.3 Å². The molecule has 2 heterocycles. The fourth-order valence-corrected chi connectivity index (χ4v) is 3.74. The summed E-state index contributed by atoms with van der Waals surface area (Å²) >= 11 is 0.960. The molecule has 1 N–H and O–H groups in total. The second-order valence-electron chi connectivity index (χ2n) is 6.34. The minimum absolute atomic E-state index is 0.264. The van der Waals surface area contributed by atoms with Gasteiger partial charge in [0.05, 0.1) is 17.6 Å². The first-order valence-electron chi connectivity index (χ1n) is 8.71. The lowest BCUT2D eigenvalue weighted by Crippen LogP contribution is -2.28. The second kappa shape index (κ2) is 7.71. The second-order valence-corrected chi connectivity index (χ2v) is 7.12. The number of carbonyl (C=O) groups is 1. The molecule has 2 aromatic heterocycles. The Morgan fingerprint density at radius 2 is 1.77 bits per heavy atom. The van der Waals surface area contributed by atoms with E-state index in [0.717, 1.165) is 33.8 Å². The standard InChI is InChI=1S/C20H13F3N4O2S/c21-20(22,23)13-8-4-5-9-14(13)25-15(28)10-27-11-24-17-16(12-6-2-1-3-7-12)26-30-18(17)19(27)29/h1-9,11H,10H2,(H,25,28). The highest BCUT2D eigenvalue weighted by atomic mass is 32.1. The third kappa shape index (κ3) is 3.81. The Morgan fingerprint density at radius 3 is 2.50 bits per heavy atom. The van der Waals surface area contributed by atoms with Gasteiger partial charge in [-0.1, -0.05) is 42.5 Å². The van der Waals surface area contributed by atoms with Gasteiger partial charge in [-0.25, -0.2) is 4.98 Å². The fraction of sp³-hybridized carbons (Fsp3) is 0.100. The van der Waals surface area contributed by atoms with E-state index in [9.17, 15) is 22.8 Å². The molecule has 2 aromatic carbocycles. The Bertz CT molecular complexity index is 1280. The van der Waals surface area contributed by atoms with Crippen molar-refractivity contribution in [3.8, 4) is 11.3 Å². The van der Waals surface area contributed by atoms with Crippen LogP contribution < -0.4 is 10.9 Å². The molecule has 0 radical (unpaired) electrons. The summed E-state index contributed by atoms with van der Waals surface area (Å²) in [6.07, 6.45) is -3.42. The highest BCUT2D eigenvalue weighted by Crippen LogP contribution is 2.34. The van der Waals surface area contributed by atoms with Gasteiger partial charge in [-0.3, -0.25) is 14.2 Å². The van der Waals surface area contributed by atoms with Crippen molar-refractivity contribution in [1.82, 2.24) is 13.9 Å². The summed E-state index contributed by atoms with van der Waals surface area (Å²) in [5.74, 6) is -0.775. The zero-order chi connectivity index (χ0) is 21.3. The van der Waals surface area contributed by atoms with Gasteiger partial charge in [0.15, 0.2) is 0 Å². The average Bonchev–Trinajstić information content (AvgIpc) is 3.15. The number of rotatable bonds is 4. The molecule has 0 unspecified atom stereocenters. The van der Waals surface area contributed by atoms with Crippen LogP contribution in [-0.2, 0) is 17.5 Å². The van der Waals surface area contributed by atoms with Crippen LogP contribution in [0.4, 0.5) is 18.9 Å². The first-order chi connectivity index (χ1) is 14.3. The molecule has 0 aliphatic heterocycles. The molecule has 0 aliphatic carbocycles.